The largest absolute Gasteiger partial charge is 0.444 e. The van der Waals surface area contributed by atoms with Crippen LogP contribution in [-0.4, -0.2) is 59.3 Å². The molecule has 1 aromatic heterocycles. The van der Waals surface area contributed by atoms with Crippen LogP contribution in [0, 0.1) is 11.7 Å². The Labute approximate surface area is 196 Å². The number of carbonyl (C=O) groups is 2. The normalized spacial score (nSPS) is 14.7. The van der Waals surface area contributed by atoms with Gasteiger partial charge in [-0.15, -0.1) is 4.83 Å². The van der Waals surface area contributed by atoms with Crippen molar-refractivity contribution in [2.75, 3.05) is 18.8 Å². The number of aryl methyl sites for hydroxylation is 1. The van der Waals surface area contributed by atoms with Crippen molar-refractivity contribution < 1.29 is 27.1 Å². The molecular weight excluding hydrogens is 477 g/mol. The highest BCUT2D eigenvalue weighted by molar-refractivity contribution is 7.89. The summed E-state index contributed by atoms with van der Waals surface area (Å²) in [5.74, 6) is -2.66. The van der Waals surface area contributed by atoms with Crippen LogP contribution >= 0.6 is 11.6 Å². The summed E-state index contributed by atoms with van der Waals surface area (Å²) in [6, 6.07) is 2.56. The summed E-state index contributed by atoms with van der Waals surface area (Å²) in [6.45, 7) is 5.63. The number of hydrogen-bond donors (Lipinski definition) is 2. The van der Waals surface area contributed by atoms with Crippen LogP contribution in [0.2, 0.25) is 5.02 Å². The van der Waals surface area contributed by atoms with Crippen molar-refractivity contribution >= 4 is 33.6 Å². The van der Waals surface area contributed by atoms with Gasteiger partial charge in [0.15, 0.2) is 5.82 Å². The van der Waals surface area contributed by atoms with Crippen LogP contribution < -0.4 is 10.3 Å². The molecule has 13 heteroatoms. The minimum atomic E-state index is -3.94. The first kappa shape index (κ1) is 24.9. The number of carbonyl (C=O) groups excluding carboxylic acids is 2. The number of benzene rings is 1. The smallest absolute Gasteiger partial charge is 0.410 e. The van der Waals surface area contributed by atoms with E-state index in [1.165, 1.54) is 23.4 Å². The molecule has 33 heavy (non-hydrogen) atoms. The Kier molecular flexibility index (Phi) is 7.01. The topological polar surface area (TPSA) is 123 Å². The summed E-state index contributed by atoms with van der Waals surface area (Å²) in [6.07, 6.45) is 2.68. The predicted molar refractivity (Wildman–Crippen MR) is 119 cm³/mol. The first-order valence-electron chi connectivity index (χ1n) is 9.99. The minimum absolute atomic E-state index is 0.208. The summed E-state index contributed by atoms with van der Waals surface area (Å²) < 4.78 is 46.0. The molecule has 1 aliphatic rings. The van der Waals surface area contributed by atoms with E-state index in [9.17, 15) is 22.4 Å². The molecule has 180 valence electrons. The van der Waals surface area contributed by atoms with Gasteiger partial charge in [0.25, 0.3) is 5.91 Å². The molecule has 0 radical (unpaired) electrons. The van der Waals surface area contributed by atoms with Crippen LogP contribution in [0.1, 0.15) is 31.1 Å². The Morgan fingerprint density at radius 2 is 1.97 bits per heavy atom. The second kappa shape index (κ2) is 9.27. The zero-order valence-electron chi connectivity index (χ0n) is 18.6. The van der Waals surface area contributed by atoms with Crippen LogP contribution in [0.15, 0.2) is 24.7 Å². The number of aromatic nitrogens is 2. The zero-order valence-corrected chi connectivity index (χ0v) is 20.1. The van der Waals surface area contributed by atoms with E-state index in [1.807, 2.05) is 10.3 Å². The van der Waals surface area contributed by atoms with E-state index in [2.05, 4.69) is 4.98 Å². The van der Waals surface area contributed by atoms with Gasteiger partial charge in [0.2, 0.25) is 10.0 Å². The van der Waals surface area contributed by atoms with Gasteiger partial charge in [0.05, 0.1) is 28.4 Å². The highest BCUT2D eigenvalue weighted by Gasteiger charge is 2.36. The third-order valence-electron chi connectivity index (χ3n) is 4.66. The molecule has 2 amide bonds. The molecule has 0 saturated carbocycles. The molecule has 0 bridgehead atoms. The number of imidazole rings is 1. The van der Waals surface area contributed by atoms with E-state index in [1.54, 1.807) is 38.6 Å². The average molecular weight is 502 g/mol. The van der Waals surface area contributed by atoms with Gasteiger partial charge in [-0.1, -0.05) is 11.6 Å². The summed E-state index contributed by atoms with van der Waals surface area (Å²) in [4.78, 5) is 31.9. The third-order valence-corrected chi connectivity index (χ3v) is 6.26. The zero-order chi connectivity index (χ0) is 24.6. The van der Waals surface area contributed by atoms with Gasteiger partial charge in [-0.2, -0.15) is 0 Å². The Morgan fingerprint density at radius 1 is 1.30 bits per heavy atom. The van der Waals surface area contributed by atoms with Crippen molar-refractivity contribution in [3.8, 4) is 11.3 Å². The molecule has 1 fully saturated rings. The lowest BCUT2D eigenvalue weighted by atomic mass is 10.0. The number of nitrogens with zero attached hydrogens (tertiary/aromatic N) is 3. The van der Waals surface area contributed by atoms with E-state index in [-0.39, 0.29) is 29.8 Å². The Balaban J connectivity index is 1.58. The maximum atomic E-state index is 14.4. The molecule has 1 saturated heterocycles. The average Bonchev–Trinajstić information content (AvgIpc) is 3.09. The van der Waals surface area contributed by atoms with Crippen LogP contribution in [0.3, 0.4) is 0 Å². The van der Waals surface area contributed by atoms with Crippen LogP contribution in [-0.2, 0) is 21.8 Å². The van der Waals surface area contributed by atoms with E-state index < -0.39 is 39.0 Å². The Bertz CT molecular complexity index is 1170. The standard InChI is InChI=1S/C20H25ClFN5O5S/c1-20(2,3)32-19(29)27-7-12(8-27)10-33(30,31)25-24-18(28)14-5-13(6-15(21)17(14)22)16-9-26(4)11-23-16/h5-6,9,11-12,25H,7-8,10H2,1-4H3,(H,24,28). The number of rotatable bonds is 6. The highest BCUT2D eigenvalue weighted by atomic mass is 35.5. The lowest BCUT2D eigenvalue weighted by Gasteiger charge is -2.39. The first-order chi connectivity index (χ1) is 15.2. The number of nitrogens with one attached hydrogen (secondary N) is 2. The fourth-order valence-electron chi connectivity index (χ4n) is 3.16. The third kappa shape index (κ3) is 6.42. The van der Waals surface area contributed by atoms with Crippen molar-refractivity contribution in [2.45, 2.75) is 26.4 Å². The molecule has 0 atom stereocenters. The second-order valence-electron chi connectivity index (χ2n) is 8.83. The molecule has 0 unspecified atom stereocenters. The number of hydrogen-bond acceptors (Lipinski definition) is 6. The number of ether oxygens (including phenoxy) is 1. The van der Waals surface area contributed by atoms with E-state index in [0.29, 0.717) is 11.3 Å². The fraction of sp³-hybridized carbons (Fsp3) is 0.450. The van der Waals surface area contributed by atoms with Crippen molar-refractivity contribution in [3.63, 3.8) is 0 Å². The van der Waals surface area contributed by atoms with Crippen molar-refractivity contribution in [3.05, 3.63) is 41.1 Å². The molecule has 0 aliphatic carbocycles. The summed E-state index contributed by atoms with van der Waals surface area (Å²) >= 11 is 5.91. The molecule has 1 aromatic carbocycles. The minimum Gasteiger partial charge on any atom is -0.444 e. The number of hydrazine groups is 1. The molecule has 10 nitrogen and oxygen atoms in total. The fourth-order valence-corrected chi connectivity index (χ4v) is 4.54. The predicted octanol–water partition coefficient (Wildman–Crippen LogP) is 2.31. The highest BCUT2D eigenvalue weighted by Crippen LogP contribution is 2.27. The molecule has 2 aromatic rings. The lowest BCUT2D eigenvalue weighted by Crippen LogP contribution is -2.55. The van der Waals surface area contributed by atoms with Gasteiger partial charge in [-0.25, -0.2) is 22.6 Å². The van der Waals surface area contributed by atoms with Gasteiger partial charge in [0.1, 0.15) is 5.60 Å². The van der Waals surface area contributed by atoms with Crippen molar-refractivity contribution in [1.29, 1.82) is 0 Å². The van der Waals surface area contributed by atoms with E-state index in [4.69, 9.17) is 16.3 Å². The molecule has 2 heterocycles. The lowest BCUT2D eigenvalue weighted by molar-refractivity contribution is 0.00188. The molecule has 2 N–H and O–H groups in total. The summed E-state index contributed by atoms with van der Waals surface area (Å²) in [5, 5.41) is -0.303. The monoisotopic (exact) mass is 501 g/mol. The first-order valence-corrected chi connectivity index (χ1v) is 12.0. The van der Waals surface area contributed by atoms with Crippen molar-refractivity contribution in [2.24, 2.45) is 13.0 Å². The SMILES string of the molecule is Cn1cnc(-c2cc(Cl)c(F)c(C(=O)NNS(=O)(=O)CC3CN(C(=O)OC(C)(C)C)C3)c2)c1. The van der Waals surface area contributed by atoms with Crippen LogP contribution in [0.5, 0.6) is 0 Å². The molecule has 0 spiro atoms. The Hall–Kier alpha value is -2.70. The number of halogens is 2. The molecule has 1 aliphatic heterocycles. The molecular formula is C20H25ClFN5O5S. The summed E-state index contributed by atoms with van der Waals surface area (Å²) in [7, 11) is -2.19. The van der Waals surface area contributed by atoms with Gasteiger partial charge >= 0.3 is 6.09 Å². The van der Waals surface area contributed by atoms with Gasteiger partial charge in [0, 0.05) is 37.8 Å². The number of amides is 2. The number of sulfonamides is 1. The summed E-state index contributed by atoms with van der Waals surface area (Å²) in [5.41, 5.74) is 1.78. The van der Waals surface area contributed by atoms with Crippen LogP contribution in [0.4, 0.5) is 9.18 Å². The van der Waals surface area contributed by atoms with Crippen LogP contribution in [0.25, 0.3) is 11.3 Å². The maximum Gasteiger partial charge on any atom is 0.410 e. The second-order valence-corrected chi connectivity index (χ2v) is 11.0. The van der Waals surface area contributed by atoms with Gasteiger partial charge in [-0.3, -0.25) is 10.2 Å². The van der Waals surface area contributed by atoms with Gasteiger partial charge in [-0.05, 0) is 32.9 Å². The Morgan fingerprint density at radius 3 is 2.55 bits per heavy atom. The van der Waals surface area contributed by atoms with E-state index in [0.717, 1.165) is 0 Å². The van der Waals surface area contributed by atoms with E-state index >= 15 is 0 Å². The maximum absolute atomic E-state index is 14.4. The number of likely N-dealkylation sites (tertiary alicyclic amines) is 1. The van der Waals surface area contributed by atoms with Gasteiger partial charge < -0.3 is 14.2 Å². The molecule has 3 rings (SSSR count). The quantitative estimate of drug-likeness (QED) is 0.586. The van der Waals surface area contributed by atoms with Crippen molar-refractivity contribution in [1.82, 2.24) is 24.7 Å².